The molecule has 0 saturated carbocycles. The van der Waals surface area contributed by atoms with E-state index < -0.39 is 0 Å². The van der Waals surface area contributed by atoms with E-state index in [1.807, 2.05) is 0 Å². The second-order valence-corrected chi connectivity index (χ2v) is 9.63. The van der Waals surface area contributed by atoms with Crippen LogP contribution in [0.5, 0.6) is 0 Å². The Morgan fingerprint density at radius 2 is 1.93 bits per heavy atom. The van der Waals surface area contributed by atoms with Crippen LogP contribution in [0.3, 0.4) is 0 Å². The first-order valence-corrected chi connectivity index (χ1v) is 11.9. The molecule has 2 aromatic heterocycles. The van der Waals surface area contributed by atoms with E-state index in [-0.39, 0.29) is 17.7 Å². The molecule has 0 unspecified atom stereocenters. The highest BCUT2D eigenvalue weighted by Gasteiger charge is 2.19. The Balaban J connectivity index is 1.72. The maximum absolute atomic E-state index is 12.4. The summed E-state index contributed by atoms with van der Waals surface area (Å²) in [6, 6.07) is 7.30. The molecule has 0 spiro atoms. The smallest absolute Gasteiger partial charge is 0.234 e. The molecule has 1 N–H and O–H groups in total. The predicted molar refractivity (Wildman–Crippen MR) is 124 cm³/mol. The van der Waals surface area contributed by atoms with E-state index in [9.17, 15) is 4.79 Å². The zero-order chi connectivity index (χ0) is 21.0. The van der Waals surface area contributed by atoms with Crippen molar-refractivity contribution in [3.05, 3.63) is 44.6 Å². The van der Waals surface area contributed by atoms with Gasteiger partial charge in [0.25, 0.3) is 0 Å². The number of halogens is 2. The quantitative estimate of drug-likeness (QED) is 0.379. The molecule has 0 fully saturated rings. The van der Waals surface area contributed by atoms with Gasteiger partial charge in [-0.15, -0.1) is 21.5 Å². The van der Waals surface area contributed by atoms with Gasteiger partial charge >= 0.3 is 0 Å². The van der Waals surface area contributed by atoms with Gasteiger partial charge in [-0.05, 0) is 44.5 Å². The Morgan fingerprint density at radius 3 is 2.59 bits per heavy atom. The highest BCUT2D eigenvalue weighted by atomic mass is 35.5. The number of thioether (sulfide) groups is 1. The molecule has 0 atom stereocenters. The third-order valence-corrected chi connectivity index (χ3v) is 6.44. The molecule has 1 amide bonds. The fourth-order valence-corrected chi connectivity index (χ4v) is 5.23. The van der Waals surface area contributed by atoms with Gasteiger partial charge in [0.1, 0.15) is 0 Å². The Labute approximate surface area is 188 Å². The summed E-state index contributed by atoms with van der Waals surface area (Å²) in [7, 11) is 0. The SMILES string of the molecule is CCCc1cc(-c2nnc(SCC(=O)Nc3cc(Cl)cc(Cl)c3)n2C(C)C)cs1. The fourth-order valence-electron chi connectivity index (χ4n) is 2.87. The van der Waals surface area contributed by atoms with Crippen LogP contribution in [0.1, 0.15) is 38.1 Å². The van der Waals surface area contributed by atoms with Crippen molar-refractivity contribution in [2.75, 3.05) is 11.1 Å². The topological polar surface area (TPSA) is 59.8 Å². The van der Waals surface area contributed by atoms with E-state index in [1.165, 1.54) is 16.6 Å². The molecule has 0 saturated heterocycles. The van der Waals surface area contributed by atoms with Crippen LogP contribution in [0.15, 0.2) is 34.8 Å². The average molecular weight is 469 g/mol. The number of anilines is 1. The lowest BCUT2D eigenvalue weighted by molar-refractivity contribution is -0.113. The number of carbonyl (C=O) groups is 1. The molecule has 29 heavy (non-hydrogen) atoms. The van der Waals surface area contributed by atoms with Gasteiger partial charge in [0.2, 0.25) is 5.91 Å². The normalized spacial score (nSPS) is 11.2. The number of benzene rings is 1. The first-order valence-electron chi connectivity index (χ1n) is 9.28. The maximum atomic E-state index is 12.4. The van der Waals surface area contributed by atoms with Crippen LogP contribution >= 0.6 is 46.3 Å². The van der Waals surface area contributed by atoms with Crippen LogP contribution in [-0.4, -0.2) is 26.4 Å². The number of amides is 1. The summed E-state index contributed by atoms with van der Waals surface area (Å²) in [4.78, 5) is 13.7. The molecule has 5 nitrogen and oxygen atoms in total. The Kier molecular flexibility index (Phi) is 7.62. The Morgan fingerprint density at radius 1 is 1.21 bits per heavy atom. The zero-order valence-electron chi connectivity index (χ0n) is 16.4. The second kappa shape index (κ2) is 9.98. The summed E-state index contributed by atoms with van der Waals surface area (Å²) in [6.07, 6.45) is 2.18. The average Bonchev–Trinajstić information content (AvgIpc) is 3.25. The first-order chi connectivity index (χ1) is 13.9. The van der Waals surface area contributed by atoms with Gasteiger partial charge in [-0.1, -0.05) is 48.3 Å². The van der Waals surface area contributed by atoms with Gasteiger partial charge in [-0.25, -0.2) is 0 Å². The van der Waals surface area contributed by atoms with Crippen molar-refractivity contribution in [3.8, 4) is 11.4 Å². The van der Waals surface area contributed by atoms with Crippen molar-refractivity contribution in [3.63, 3.8) is 0 Å². The molecule has 0 aliphatic carbocycles. The van der Waals surface area contributed by atoms with Gasteiger partial charge < -0.3 is 5.32 Å². The van der Waals surface area contributed by atoms with Gasteiger partial charge in [0.15, 0.2) is 11.0 Å². The lowest BCUT2D eigenvalue weighted by Gasteiger charge is -2.13. The minimum atomic E-state index is -0.158. The molecule has 0 bridgehead atoms. The number of nitrogens with zero attached hydrogens (tertiary/aromatic N) is 3. The molecule has 154 valence electrons. The second-order valence-electron chi connectivity index (χ2n) is 6.82. The minimum Gasteiger partial charge on any atom is -0.325 e. The highest BCUT2D eigenvalue weighted by molar-refractivity contribution is 7.99. The molecule has 2 heterocycles. The van der Waals surface area contributed by atoms with Crippen molar-refractivity contribution in [2.24, 2.45) is 0 Å². The van der Waals surface area contributed by atoms with E-state index in [1.54, 1.807) is 29.5 Å². The predicted octanol–water partition coefficient (Wildman–Crippen LogP) is 6.58. The minimum absolute atomic E-state index is 0.158. The highest BCUT2D eigenvalue weighted by Crippen LogP contribution is 2.31. The van der Waals surface area contributed by atoms with Crippen molar-refractivity contribution in [1.29, 1.82) is 0 Å². The molecule has 9 heteroatoms. The summed E-state index contributed by atoms with van der Waals surface area (Å²) in [5.41, 5.74) is 1.64. The van der Waals surface area contributed by atoms with Gasteiger partial charge in [0.05, 0.1) is 5.75 Å². The first kappa shape index (κ1) is 22.2. The molecule has 0 radical (unpaired) electrons. The third kappa shape index (κ3) is 5.75. The molecular weight excluding hydrogens is 447 g/mol. The summed E-state index contributed by atoms with van der Waals surface area (Å²) in [5, 5.41) is 15.3. The van der Waals surface area contributed by atoms with Gasteiger partial charge in [0, 0.05) is 37.6 Å². The number of hydrogen-bond donors (Lipinski definition) is 1. The fraction of sp³-hybridized carbons (Fsp3) is 0.350. The molecule has 0 aliphatic rings. The number of carbonyl (C=O) groups excluding carboxylic acids is 1. The molecular formula is C20H22Cl2N4OS2. The molecule has 1 aromatic carbocycles. The Hall–Kier alpha value is -1.54. The zero-order valence-corrected chi connectivity index (χ0v) is 19.6. The third-order valence-electron chi connectivity index (χ3n) is 4.07. The van der Waals surface area contributed by atoms with E-state index in [2.05, 4.69) is 52.3 Å². The number of aryl methyl sites for hydroxylation is 1. The van der Waals surface area contributed by atoms with Crippen LogP contribution in [0, 0.1) is 0 Å². The van der Waals surface area contributed by atoms with E-state index in [0.29, 0.717) is 15.7 Å². The van der Waals surface area contributed by atoms with Crippen LogP contribution in [0.25, 0.3) is 11.4 Å². The lowest BCUT2D eigenvalue weighted by Crippen LogP contribution is -2.15. The Bertz CT molecular complexity index is 980. The van der Waals surface area contributed by atoms with Crippen molar-refractivity contribution < 1.29 is 4.79 Å². The van der Waals surface area contributed by atoms with E-state index >= 15 is 0 Å². The number of thiophene rings is 1. The number of rotatable bonds is 8. The number of aromatic nitrogens is 3. The summed E-state index contributed by atoms with van der Waals surface area (Å²) < 4.78 is 2.08. The van der Waals surface area contributed by atoms with Crippen LogP contribution < -0.4 is 5.32 Å². The monoisotopic (exact) mass is 468 g/mol. The maximum Gasteiger partial charge on any atom is 0.234 e. The van der Waals surface area contributed by atoms with Crippen molar-refractivity contribution in [2.45, 2.75) is 44.8 Å². The summed E-state index contributed by atoms with van der Waals surface area (Å²) in [6.45, 7) is 6.35. The van der Waals surface area contributed by atoms with E-state index in [0.717, 1.165) is 29.4 Å². The van der Waals surface area contributed by atoms with E-state index in [4.69, 9.17) is 23.2 Å². The standard InChI is InChI=1S/C20H22Cl2N4OS2/c1-4-5-17-6-13(10-28-17)19-24-25-20(26(19)12(2)3)29-11-18(27)23-16-8-14(21)7-15(22)9-16/h6-10,12H,4-5,11H2,1-3H3,(H,23,27). The van der Waals surface area contributed by atoms with Crippen LogP contribution in [-0.2, 0) is 11.2 Å². The molecule has 0 aliphatic heterocycles. The van der Waals surface area contributed by atoms with Crippen LogP contribution in [0.2, 0.25) is 10.0 Å². The number of nitrogens with one attached hydrogen (secondary N) is 1. The number of hydrogen-bond acceptors (Lipinski definition) is 5. The molecule has 3 aromatic rings. The lowest BCUT2D eigenvalue weighted by atomic mass is 10.2. The summed E-state index contributed by atoms with van der Waals surface area (Å²) in [5.74, 6) is 0.886. The summed E-state index contributed by atoms with van der Waals surface area (Å²) >= 11 is 15.1. The largest absolute Gasteiger partial charge is 0.325 e. The van der Waals surface area contributed by atoms with Crippen LogP contribution in [0.4, 0.5) is 5.69 Å². The van der Waals surface area contributed by atoms with Crippen molar-refractivity contribution >= 4 is 57.9 Å². The van der Waals surface area contributed by atoms with Gasteiger partial charge in [-0.2, -0.15) is 0 Å². The van der Waals surface area contributed by atoms with Crippen molar-refractivity contribution in [1.82, 2.24) is 14.8 Å². The van der Waals surface area contributed by atoms with Gasteiger partial charge in [-0.3, -0.25) is 9.36 Å². The molecule has 3 rings (SSSR count).